The minimum atomic E-state index is -0.333. The van der Waals surface area contributed by atoms with Gasteiger partial charge in [-0.05, 0) is 18.2 Å². The van der Waals surface area contributed by atoms with E-state index in [0.717, 1.165) is 24.0 Å². The topological polar surface area (TPSA) is 40.6 Å². The molecule has 0 atom stereocenters. The van der Waals surface area contributed by atoms with E-state index < -0.39 is 0 Å². The van der Waals surface area contributed by atoms with Crippen LogP contribution in [0.25, 0.3) is 0 Å². The van der Waals surface area contributed by atoms with Crippen molar-refractivity contribution in [3.8, 4) is 17.6 Å². The lowest BCUT2D eigenvalue weighted by atomic mass is 9.87. The van der Waals surface area contributed by atoms with Gasteiger partial charge in [-0.2, -0.15) is 0 Å². The number of pyridine rings is 1. The van der Waals surface area contributed by atoms with Gasteiger partial charge < -0.3 is 14.2 Å². The molecule has 1 saturated heterocycles. The van der Waals surface area contributed by atoms with Gasteiger partial charge in [-0.15, -0.1) is 0 Å². The molecule has 2 heterocycles. The predicted octanol–water partition coefficient (Wildman–Crippen LogP) is 3.16. The van der Waals surface area contributed by atoms with Crippen molar-refractivity contribution in [1.82, 2.24) is 4.98 Å². The van der Waals surface area contributed by atoms with Crippen molar-refractivity contribution in [2.45, 2.75) is 18.4 Å². The zero-order chi connectivity index (χ0) is 16.7. The third-order valence-corrected chi connectivity index (χ3v) is 4.25. The maximum absolute atomic E-state index is 5.80. The Bertz CT molecular complexity index is 712. The zero-order valence-electron chi connectivity index (χ0n) is 13.8. The van der Waals surface area contributed by atoms with Gasteiger partial charge in [0.1, 0.15) is 12.4 Å². The Hall–Kier alpha value is -2.35. The van der Waals surface area contributed by atoms with Crippen molar-refractivity contribution in [3.05, 3.63) is 59.9 Å². The molecule has 4 heteroatoms. The largest absolute Gasteiger partial charge is 0.479 e. The molecule has 0 N–H and O–H groups in total. The van der Waals surface area contributed by atoms with E-state index in [4.69, 9.17) is 14.2 Å². The van der Waals surface area contributed by atoms with Gasteiger partial charge in [0.15, 0.2) is 0 Å². The number of hydrogen-bond donors (Lipinski definition) is 0. The smallest absolute Gasteiger partial charge is 0.149 e. The lowest BCUT2D eigenvalue weighted by molar-refractivity contribution is -0.0950. The summed E-state index contributed by atoms with van der Waals surface area (Å²) < 4.78 is 17.0. The molecule has 0 radical (unpaired) electrons. The lowest BCUT2D eigenvalue weighted by Crippen LogP contribution is -2.35. The molecule has 2 aromatic rings. The van der Waals surface area contributed by atoms with Crippen LogP contribution in [0.3, 0.4) is 0 Å². The summed E-state index contributed by atoms with van der Waals surface area (Å²) in [5.41, 5.74) is 1.68. The number of ether oxygens (including phenoxy) is 3. The van der Waals surface area contributed by atoms with E-state index in [1.54, 1.807) is 13.3 Å². The van der Waals surface area contributed by atoms with Crippen molar-refractivity contribution in [2.75, 3.05) is 26.9 Å². The van der Waals surface area contributed by atoms with Crippen molar-refractivity contribution < 1.29 is 14.2 Å². The molecule has 1 fully saturated rings. The van der Waals surface area contributed by atoms with Gasteiger partial charge in [0.2, 0.25) is 0 Å². The predicted molar refractivity (Wildman–Crippen MR) is 91.8 cm³/mol. The summed E-state index contributed by atoms with van der Waals surface area (Å²) in [6.07, 6.45) is 5.19. The van der Waals surface area contributed by atoms with Crippen LogP contribution in [0.4, 0.5) is 0 Å². The first-order chi connectivity index (χ1) is 11.8. The van der Waals surface area contributed by atoms with Crippen LogP contribution in [0.15, 0.2) is 48.8 Å². The van der Waals surface area contributed by atoms with Crippen LogP contribution in [0.5, 0.6) is 5.75 Å². The molecule has 1 aromatic carbocycles. The molecule has 1 aromatic heterocycles. The van der Waals surface area contributed by atoms with E-state index in [1.807, 2.05) is 42.6 Å². The second-order valence-corrected chi connectivity index (χ2v) is 5.68. The van der Waals surface area contributed by atoms with Crippen LogP contribution in [0.1, 0.15) is 24.0 Å². The summed E-state index contributed by atoms with van der Waals surface area (Å²) >= 11 is 0. The summed E-state index contributed by atoms with van der Waals surface area (Å²) in [5, 5.41) is 0. The van der Waals surface area contributed by atoms with Crippen LogP contribution < -0.4 is 4.74 Å². The van der Waals surface area contributed by atoms with E-state index in [1.165, 1.54) is 0 Å². The zero-order valence-corrected chi connectivity index (χ0v) is 13.8. The van der Waals surface area contributed by atoms with Gasteiger partial charge in [-0.1, -0.05) is 30.0 Å². The summed E-state index contributed by atoms with van der Waals surface area (Å²) in [7, 11) is 1.74. The van der Waals surface area contributed by atoms with Gasteiger partial charge in [-0.25, -0.2) is 0 Å². The van der Waals surface area contributed by atoms with Crippen molar-refractivity contribution >= 4 is 0 Å². The molecule has 4 nitrogen and oxygen atoms in total. The average Bonchev–Trinajstić information content (AvgIpc) is 2.67. The minimum Gasteiger partial charge on any atom is -0.479 e. The summed E-state index contributed by atoms with van der Waals surface area (Å²) in [4.78, 5) is 4.30. The lowest BCUT2D eigenvalue weighted by Gasteiger charge is -2.36. The Kier molecular flexibility index (Phi) is 5.47. The van der Waals surface area contributed by atoms with E-state index in [0.29, 0.717) is 25.6 Å². The number of nitrogens with zero attached hydrogens (tertiary/aromatic N) is 1. The summed E-state index contributed by atoms with van der Waals surface area (Å²) in [6.45, 7) is 1.71. The standard InChI is InChI=1S/C20H21NO3/c1-22-20(9-12-23-13-10-20)18-14-19(16-21-15-18)24-11-5-8-17-6-3-2-4-7-17/h2-4,6-7,14-16H,9-13H2,1H3. The highest BCUT2D eigenvalue weighted by Gasteiger charge is 2.35. The molecule has 0 unspecified atom stereocenters. The van der Waals surface area contributed by atoms with Gasteiger partial charge in [0.05, 0.1) is 11.8 Å². The monoisotopic (exact) mass is 323 g/mol. The maximum atomic E-state index is 5.80. The third kappa shape index (κ3) is 3.94. The molecule has 24 heavy (non-hydrogen) atoms. The van der Waals surface area contributed by atoms with Crippen molar-refractivity contribution in [2.24, 2.45) is 0 Å². The van der Waals surface area contributed by atoms with Crippen LogP contribution >= 0.6 is 0 Å². The number of hydrogen-bond acceptors (Lipinski definition) is 4. The molecule has 1 aliphatic rings. The molecule has 124 valence electrons. The second-order valence-electron chi connectivity index (χ2n) is 5.68. The molecule has 0 amide bonds. The number of aromatic nitrogens is 1. The highest BCUT2D eigenvalue weighted by atomic mass is 16.5. The number of benzene rings is 1. The second kappa shape index (κ2) is 7.96. The van der Waals surface area contributed by atoms with E-state index in [2.05, 4.69) is 16.8 Å². The van der Waals surface area contributed by atoms with E-state index in [9.17, 15) is 0 Å². The van der Waals surface area contributed by atoms with Crippen molar-refractivity contribution in [1.29, 1.82) is 0 Å². The number of rotatable bonds is 4. The fraction of sp³-hybridized carbons (Fsp3) is 0.350. The Morgan fingerprint density at radius 2 is 1.96 bits per heavy atom. The van der Waals surface area contributed by atoms with E-state index in [-0.39, 0.29) is 5.60 Å². The Balaban J connectivity index is 1.66. The fourth-order valence-electron chi connectivity index (χ4n) is 2.84. The van der Waals surface area contributed by atoms with Gasteiger partial charge >= 0.3 is 0 Å². The first-order valence-electron chi connectivity index (χ1n) is 8.07. The molecule has 0 spiro atoms. The molecule has 0 saturated carbocycles. The molecular weight excluding hydrogens is 302 g/mol. The molecule has 3 rings (SSSR count). The van der Waals surface area contributed by atoms with Gasteiger partial charge in [-0.3, -0.25) is 4.98 Å². The first kappa shape index (κ1) is 16.5. The normalized spacial score (nSPS) is 16.0. The summed E-state index contributed by atoms with van der Waals surface area (Å²) in [6, 6.07) is 11.9. The SMILES string of the molecule is COC1(c2cncc(OCC#Cc3ccccc3)c2)CCOCC1. The van der Waals surface area contributed by atoms with E-state index >= 15 is 0 Å². The van der Waals surface area contributed by atoms with Gasteiger partial charge in [0.25, 0.3) is 0 Å². The molecule has 0 aliphatic carbocycles. The van der Waals surface area contributed by atoms with Gasteiger partial charge in [0, 0.05) is 50.5 Å². The van der Waals surface area contributed by atoms with Crippen LogP contribution in [-0.4, -0.2) is 31.9 Å². The minimum absolute atomic E-state index is 0.323. The summed E-state index contributed by atoms with van der Waals surface area (Å²) in [5.74, 6) is 6.80. The number of methoxy groups -OCH3 is 1. The Morgan fingerprint density at radius 3 is 2.71 bits per heavy atom. The quantitative estimate of drug-likeness (QED) is 0.811. The average molecular weight is 323 g/mol. The first-order valence-corrected chi connectivity index (χ1v) is 8.07. The van der Waals surface area contributed by atoms with Crippen LogP contribution in [-0.2, 0) is 15.1 Å². The highest BCUT2D eigenvalue weighted by molar-refractivity contribution is 5.34. The van der Waals surface area contributed by atoms with Crippen LogP contribution in [0.2, 0.25) is 0 Å². The highest BCUT2D eigenvalue weighted by Crippen LogP contribution is 2.36. The Labute approximate surface area is 142 Å². The van der Waals surface area contributed by atoms with Crippen molar-refractivity contribution in [3.63, 3.8) is 0 Å². The molecular formula is C20H21NO3. The third-order valence-electron chi connectivity index (χ3n) is 4.25. The van der Waals surface area contributed by atoms with Crippen LogP contribution in [0, 0.1) is 11.8 Å². The molecule has 1 aliphatic heterocycles. The Morgan fingerprint density at radius 1 is 1.17 bits per heavy atom. The maximum Gasteiger partial charge on any atom is 0.149 e. The fourth-order valence-corrected chi connectivity index (χ4v) is 2.84. The molecule has 0 bridgehead atoms.